The van der Waals surface area contributed by atoms with E-state index < -0.39 is 21.8 Å². The molecule has 8 nitrogen and oxygen atoms in total. The van der Waals surface area contributed by atoms with E-state index in [1.165, 1.54) is 12.1 Å². The highest BCUT2D eigenvalue weighted by molar-refractivity contribution is 7.89. The Morgan fingerprint density at radius 3 is 2.23 bits per heavy atom. The lowest BCUT2D eigenvalue weighted by Gasteiger charge is -2.15. The fourth-order valence-corrected chi connectivity index (χ4v) is 4.13. The van der Waals surface area contributed by atoms with Crippen molar-refractivity contribution in [1.29, 1.82) is 0 Å². The van der Waals surface area contributed by atoms with Crippen LogP contribution in [-0.4, -0.2) is 31.6 Å². The van der Waals surface area contributed by atoms with Crippen LogP contribution >= 0.6 is 0 Å². The van der Waals surface area contributed by atoms with Crippen molar-refractivity contribution in [3.63, 3.8) is 0 Å². The van der Waals surface area contributed by atoms with Crippen molar-refractivity contribution in [1.82, 2.24) is 10.0 Å². The third-order valence-corrected chi connectivity index (χ3v) is 5.79. The smallest absolute Gasteiger partial charge is 0.255 e. The molecule has 2 amide bonds. The summed E-state index contributed by atoms with van der Waals surface area (Å²) in [6.07, 6.45) is 1.34. The zero-order chi connectivity index (χ0) is 25.6. The molecule has 0 unspecified atom stereocenters. The van der Waals surface area contributed by atoms with Crippen LogP contribution in [0.2, 0.25) is 0 Å². The number of carbonyl (C=O) groups excluding carboxylic acids is 2. The molecule has 3 aromatic carbocycles. The van der Waals surface area contributed by atoms with Crippen molar-refractivity contribution in [2.75, 3.05) is 6.26 Å². The number of ether oxygens (including phenoxy) is 1. The molecule has 0 spiro atoms. The quantitative estimate of drug-likeness (QED) is 0.415. The normalized spacial score (nSPS) is 11.1. The van der Waals surface area contributed by atoms with Gasteiger partial charge >= 0.3 is 0 Å². The number of aromatic hydroxyl groups is 1. The van der Waals surface area contributed by atoms with E-state index in [0.29, 0.717) is 24.5 Å². The minimum absolute atomic E-state index is 0.0333. The first-order valence-electron chi connectivity index (χ1n) is 11.0. The van der Waals surface area contributed by atoms with Gasteiger partial charge in [0.1, 0.15) is 17.2 Å². The molecule has 0 atom stereocenters. The summed E-state index contributed by atoms with van der Waals surface area (Å²) in [6.45, 7) is 4.04. The lowest BCUT2D eigenvalue weighted by molar-refractivity contribution is -0.119. The maximum atomic E-state index is 12.6. The molecule has 9 heteroatoms. The molecule has 0 heterocycles. The molecule has 0 aliphatic carbocycles. The van der Waals surface area contributed by atoms with E-state index in [2.05, 4.69) is 5.32 Å². The molecule has 3 aromatic rings. The van der Waals surface area contributed by atoms with Gasteiger partial charge in [-0.05, 0) is 60.7 Å². The van der Waals surface area contributed by atoms with Gasteiger partial charge in [0.2, 0.25) is 15.9 Å². The van der Waals surface area contributed by atoms with E-state index >= 15 is 0 Å². The molecule has 0 aliphatic heterocycles. The monoisotopic (exact) mass is 496 g/mol. The number of amides is 2. The van der Waals surface area contributed by atoms with Crippen LogP contribution in [0.25, 0.3) is 0 Å². The van der Waals surface area contributed by atoms with Crippen molar-refractivity contribution in [2.24, 2.45) is 0 Å². The Labute approximate surface area is 205 Å². The van der Waals surface area contributed by atoms with E-state index in [-0.39, 0.29) is 17.7 Å². The summed E-state index contributed by atoms with van der Waals surface area (Å²) in [6, 6.07) is 17.6. The SMILES string of the molecule is Cc1cc(CCC(=O)NS(C)(=O)=O)cc(C)c1Oc1ccc(O)c(C(=O)NCc2ccccc2)c1. The molecular formula is C26H28N2O6S. The van der Waals surface area contributed by atoms with Crippen LogP contribution < -0.4 is 14.8 Å². The number of nitrogens with one attached hydrogen (secondary N) is 2. The van der Waals surface area contributed by atoms with Gasteiger partial charge in [0.05, 0.1) is 11.8 Å². The molecule has 184 valence electrons. The van der Waals surface area contributed by atoms with Crippen molar-refractivity contribution in [2.45, 2.75) is 33.2 Å². The summed E-state index contributed by atoms with van der Waals surface area (Å²) in [4.78, 5) is 24.4. The molecule has 0 saturated carbocycles. The van der Waals surface area contributed by atoms with Gasteiger partial charge in [-0.1, -0.05) is 42.5 Å². The van der Waals surface area contributed by atoms with Gasteiger partial charge in [-0.15, -0.1) is 0 Å². The molecule has 0 aliphatic rings. The third kappa shape index (κ3) is 7.58. The lowest BCUT2D eigenvalue weighted by Crippen LogP contribution is -2.29. The second-order valence-corrected chi connectivity index (χ2v) is 10.1. The van der Waals surface area contributed by atoms with E-state index in [0.717, 1.165) is 28.5 Å². The van der Waals surface area contributed by atoms with Gasteiger partial charge in [-0.3, -0.25) is 14.3 Å². The van der Waals surface area contributed by atoms with Gasteiger partial charge in [0.15, 0.2) is 0 Å². The summed E-state index contributed by atoms with van der Waals surface area (Å²) >= 11 is 0. The van der Waals surface area contributed by atoms with Crippen LogP contribution in [0.5, 0.6) is 17.2 Å². The second-order valence-electron chi connectivity index (χ2n) is 8.31. The van der Waals surface area contributed by atoms with Gasteiger partial charge < -0.3 is 15.2 Å². The molecule has 0 saturated heterocycles. The highest BCUT2D eigenvalue weighted by Gasteiger charge is 2.15. The predicted molar refractivity (Wildman–Crippen MR) is 133 cm³/mol. The number of sulfonamides is 1. The number of rotatable bonds is 9. The van der Waals surface area contributed by atoms with E-state index in [9.17, 15) is 23.1 Å². The molecule has 0 radical (unpaired) electrons. The summed E-state index contributed by atoms with van der Waals surface area (Å²) in [5.74, 6) is -0.160. The second kappa shape index (κ2) is 11.1. The maximum Gasteiger partial charge on any atom is 0.255 e. The number of carbonyl (C=O) groups is 2. The highest BCUT2D eigenvalue weighted by Crippen LogP contribution is 2.32. The molecule has 35 heavy (non-hydrogen) atoms. The minimum Gasteiger partial charge on any atom is -0.507 e. The predicted octanol–water partition coefficient (Wildman–Crippen LogP) is 3.74. The number of hydrogen-bond acceptors (Lipinski definition) is 6. The first-order chi connectivity index (χ1) is 16.5. The van der Waals surface area contributed by atoms with Crippen molar-refractivity contribution in [3.8, 4) is 17.2 Å². The number of phenols is 1. The fourth-order valence-electron chi connectivity index (χ4n) is 3.61. The van der Waals surface area contributed by atoms with E-state index in [1.807, 2.05) is 61.0 Å². The number of hydrogen-bond donors (Lipinski definition) is 3. The number of phenolic OH excluding ortho intramolecular Hbond substituents is 1. The first-order valence-corrected chi connectivity index (χ1v) is 12.8. The molecule has 3 N–H and O–H groups in total. The van der Waals surface area contributed by atoms with Gasteiger partial charge in [0, 0.05) is 13.0 Å². The van der Waals surface area contributed by atoms with Crippen molar-refractivity contribution >= 4 is 21.8 Å². The van der Waals surface area contributed by atoms with Crippen LogP contribution in [0.3, 0.4) is 0 Å². The zero-order valence-corrected chi connectivity index (χ0v) is 20.6. The van der Waals surface area contributed by atoms with Crippen LogP contribution in [0, 0.1) is 13.8 Å². The molecule has 0 bridgehead atoms. The summed E-state index contributed by atoms with van der Waals surface area (Å²) < 4.78 is 30.4. The molecule has 0 fully saturated rings. The fraction of sp³-hybridized carbons (Fsp3) is 0.231. The summed E-state index contributed by atoms with van der Waals surface area (Å²) in [7, 11) is -3.58. The first kappa shape index (κ1) is 25.8. The summed E-state index contributed by atoms with van der Waals surface area (Å²) in [5, 5.41) is 13.0. The van der Waals surface area contributed by atoms with Crippen molar-refractivity contribution in [3.05, 3.63) is 88.5 Å². The zero-order valence-electron chi connectivity index (χ0n) is 19.8. The Balaban J connectivity index is 1.70. The standard InChI is InChI=1S/C26H28N2O6S/c1-17-13-20(9-12-24(30)28-35(3,32)33)14-18(2)25(17)34-21-10-11-23(29)22(15-21)26(31)27-16-19-7-5-4-6-8-19/h4-8,10-11,13-15,29H,9,12,16H2,1-3H3,(H,27,31)(H,28,30). The summed E-state index contributed by atoms with van der Waals surface area (Å²) in [5.41, 5.74) is 3.52. The molecule has 3 rings (SSSR count). The number of benzene rings is 3. The molecular weight excluding hydrogens is 468 g/mol. The third-order valence-electron chi connectivity index (χ3n) is 5.19. The van der Waals surface area contributed by atoms with Gasteiger partial charge in [0.25, 0.3) is 5.91 Å². The Kier molecular flexibility index (Phi) is 8.14. The van der Waals surface area contributed by atoms with E-state index in [4.69, 9.17) is 4.74 Å². The Morgan fingerprint density at radius 2 is 1.60 bits per heavy atom. The highest BCUT2D eigenvalue weighted by atomic mass is 32.2. The minimum atomic E-state index is -3.58. The average molecular weight is 497 g/mol. The lowest BCUT2D eigenvalue weighted by atomic mass is 10.0. The Morgan fingerprint density at radius 1 is 0.943 bits per heavy atom. The van der Waals surface area contributed by atoms with E-state index in [1.54, 1.807) is 6.07 Å². The van der Waals surface area contributed by atoms with Gasteiger partial charge in [-0.2, -0.15) is 0 Å². The largest absolute Gasteiger partial charge is 0.507 e. The number of aryl methyl sites for hydroxylation is 3. The maximum absolute atomic E-state index is 12.6. The van der Waals surface area contributed by atoms with Crippen LogP contribution in [0.15, 0.2) is 60.7 Å². The molecule has 0 aromatic heterocycles. The van der Waals surface area contributed by atoms with Crippen LogP contribution in [-0.2, 0) is 27.8 Å². The average Bonchev–Trinajstić information content (AvgIpc) is 2.79. The Hall–Kier alpha value is -3.85. The topological polar surface area (TPSA) is 122 Å². The van der Waals surface area contributed by atoms with Crippen LogP contribution in [0.4, 0.5) is 0 Å². The van der Waals surface area contributed by atoms with Gasteiger partial charge in [-0.25, -0.2) is 8.42 Å². The van der Waals surface area contributed by atoms with Crippen molar-refractivity contribution < 1.29 is 27.9 Å². The van der Waals surface area contributed by atoms with Crippen LogP contribution in [0.1, 0.15) is 39.0 Å². The Bertz CT molecular complexity index is 1310.